The highest BCUT2D eigenvalue weighted by Gasteiger charge is 2.20. The van der Waals surface area contributed by atoms with Crippen molar-refractivity contribution in [2.24, 2.45) is 12.0 Å². The summed E-state index contributed by atoms with van der Waals surface area (Å²) in [4.78, 5) is 9.95. The molecule has 0 saturated carbocycles. The highest BCUT2D eigenvalue weighted by Crippen LogP contribution is 2.14. The van der Waals surface area contributed by atoms with Crippen molar-refractivity contribution >= 4 is 5.96 Å². The number of hydrogen-bond acceptors (Lipinski definition) is 4. The minimum Gasteiger partial charge on any atom is -0.357 e. The first kappa shape index (κ1) is 22.7. The minimum atomic E-state index is 0.294. The fourth-order valence-corrected chi connectivity index (χ4v) is 3.88. The minimum absolute atomic E-state index is 0.294. The molecule has 1 aliphatic heterocycles. The molecule has 1 aliphatic rings. The Morgan fingerprint density at radius 1 is 1.14 bits per heavy atom. The molecule has 2 heterocycles. The summed E-state index contributed by atoms with van der Waals surface area (Å²) in [5.41, 5.74) is 3.70. The lowest BCUT2D eigenvalue weighted by Crippen LogP contribution is -2.50. The van der Waals surface area contributed by atoms with E-state index in [1.165, 1.54) is 24.3 Å². The lowest BCUT2D eigenvalue weighted by Gasteiger charge is -2.37. The Kier molecular flexibility index (Phi) is 8.76. The molecule has 2 atom stereocenters. The number of hydrogen-bond donors (Lipinski definition) is 2. The summed E-state index contributed by atoms with van der Waals surface area (Å²) in [6.45, 7) is 20.6. The second kappa shape index (κ2) is 10.8. The second-order valence-corrected chi connectivity index (χ2v) is 8.06. The topological polar surface area (TPSA) is 60.7 Å². The molecule has 2 N–H and O–H groups in total. The standard InChI is InChI=1S/C21H41N7/c1-8-22-21(23-15-17(4)28-12-10-27(9-2)11-13-28)24-16(3)14-20-18(5)25-26(7)19(20)6/h16-17H,8-15H2,1-7H3,(H2,22,23,24). The van der Waals surface area contributed by atoms with E-state index in [9.17, 15) is 0 Å². The van der Waals surface area contributed by atoms with Crippen LogP contribution in [0.5, 0.6) is 0 Å². The molecule has 1 aromatic rings. The van der Waals surface area contributed by atoms with Gasteiger partial charge in [-0.15, -0.1) is 0 Å². The summed E-state index contributed by atoms with van der Waals surface area (Å²) < 4.78 is 1.97. The third-order valence-corrected chi connectivity index (χ3v) is 5.89. The van der Waals surface area contributed by atoms with Crippen molar-refractivity contribution in [1.29, 1.82) is 0 Å². The zero-order chi connectivity index (χ0) is 20.7. The Morgan fingerprint density at radius 2 is 1.82 bits per heavy atom. The molecule has 28 heavy (non-hydrogen) atoms. The summed E-state index contributed by atoms with van der Waals surface area (Å²) in [6.07, 6.45) is 0.949. The molecule has 160 valence electrons. The third-order valence-electron chi connectivity index (χ3n) is 5.89. The molecule has 0 bridgehead atoms. The number of nitrogens with zero attached hydrogens (tertiary/aromatic N) is 5. The molecule has 1 saturated heterocycles. The molecule has 0 radical (unpaired) electrons. The van der Waals surface area contributed by atoms with Crippen molar-refractivity contribution in [3.8, 4) is 0 Å². The first-order chi connectivity index (χ1) is 13.3. The number of likely N-dealkylation sites (N-methyl/N-ethyl adjacent to an activating group) is 1. The molecule has 0 aliphatic carbocycles. The Bertz CT molecular complexity index is 629. The van der Waals surface area contributed by atoms with Crippen LogP contribution in [-0.2, 0) is 13.5 Å². The van der Waals surface area contributed by atoms with Crippen LogP contribution in [0.15, 0.2) is 4.99 Å². The van der Waals surface area contributed by atoms with Crippen LogP contribution in [-0.4, -0.2) is 83.4 Å². The van der Waals surface area contributed by atoms with Crippen molar-refractivity contribution in [1.82, 2.24) is 30.2 Å². The van der Waals surface area contributed by atoms with E-state index < -0.39 is 0 Å². The summed E-state index contributed by atoms with van der Waals surface area (Å²) in [5.74, 6) is 0.910. The van der Waals surface area contributed by atoms with Gasteiger partial charge in [0.05, 0.1) is 12.2 Å². The molecular formula is C21H41N7. The Balaban J connectivity index is 1.90. The molecule has 0 aromatic carbocycles. The number of aromatic nitrogens is 2. The maximum Gasteiger partial charge on any atom is 0.191 e. The van der Waals surface area contributed by atoms with Crippen LogP contribution in [0.3, 0.4) is 0 Å². The van der Waals surface area contributed by atoms with Gasteiger partial charge in [-0.05, 0) is 53.1 Å². The van der Waals surface area contributed by atoms with E-state index in [2.05, 4.69) is 67.1 Å². The normalized spacial score (nSPS) is 18.9. The maximum atomic E-state index is 4.88. The molecule has 2 rings (SSSR count). The number of guanidine groups is 1. The fourth-order valence-electron chi connectivity index (χ4n) is 3.88. The van der Waals surface area contributed by atoms with Crippen LogP contribution in [0.4, 0.5) is 0 Å². The van der Waals surface area contributed by atoms with Crippen molar-refractivity contribution in [2.45, 2.75) is 60.0 Å². The van der Waals surface area contributed by atoms with Gasteiger partial charge in [0.15, 0.2) is 5.96 Å². The average Bonchev–Trinajstić information content (AvgIpc) is 2.92. The number of nitrogens with one attached hydrogen (secondary N) is 2. The molecule has 2 unspecified atom stereocenters. The predicted molar refractivity (Wildman–Crippen MR) is 118 cm³/mol. The molecule has 0 spiro atoms. The first-order valence-corrected chi connectivity index (χ1v) is 10.9. The van der Waals surface area contributed by atoms with E-state index in [1.807, 2.05) is 11.7 Å². The van der Waals surface area contributed by atoms with Gasteiger partial charge in [0.1, 0.15) is 0 Å². The lowest BCUT2D eigenvalue weighted by molar-refractivity contribution is 0.109. The van der Waals surface area contributed by atoms with E-state index >= 15 is 0 Å². The maximum absolute atomic E-state index is 4.88. The van der Waals surface area contributed by atoms with Gasteiger partial charge in [-0.2, -0.15) is 5.10 Å². The highest BCUT2D eigenvalue weighted by atomic mass is 15.3. The zero-order valence-corrected chi connectivity index (χ0v) is 19.0. The average molecular weight is 392 g/mol. The van der Waals surface area contributed by atoms with E-state index in [-0.39, 0.29) is 0 Å². The number of piperazine rings is 1. The Labute approximate surface area is 171 Å². The fraction of sp³-hybridized carbons (Fsp3) is 0.810. The molecule has 0 amide bonds. The summed E-state index contributed by atoms with van der Waals surface area (Å²) in [6, 6.07) is 0.760. The van der Waals surface area contributed by atoms with Crippen molar-refractivity contribution in [2.75, 3.05) is 45.8 Å². The van der Waals surface area contributed by atoms with Gasteiger partial charge in [0.25, 0.3) is 0 Å². The lowest BCUT2D eigenvalue weighted by atomic mass is 10.1. The van der Waals surface area contributed by atoms with Crippen LogP contribution in [0.2, 0.25) is 0 Å². The van der Waals surface area contributed by atoms with E-state index in [1.54, 1.807) is 0 Å². The predicted octanol–water partition coefficient (Wildman–Crippen LogP) is 1.55. The van der Waals surface area contributed by atoms with Gasteiger partial charge < -0.3 is 15.5 Å². The van der Waals surface area contributed by atoms with Crippen LogP contribution in [0.1, 0.15) is 44.6 Å². The van der Waals surface area contributed by atoms with Crippen LogP contribution >= 0.6 is 0 Å². The zero-order valence-electron chi connectivity index (χ0n) is 19.0. The van der Waals surface area contributed by atoms with E-state index in [4.69, 9.17) is 4.99 Å². The summed E-state index contributed by atoms with van der Waals surface area (Å²) in [5, 5.41) is 11.5. The van der Waals surface area contributed by atoms with Crippen LogP contribution < -0.4 is 10.6 Å². The third kappa shape index (κ3) is 6.21. The molecular weight excluding hydrogens is 350 g/mol. The van der Waals surface area contributed by atoms with Crippen molar-refractivity contribution in [3.05, 3.63) is 17.0 Å². The molecule has 7 heteroatoms. The Morgan fingerprint density at radius 3 is 2.36 bits per heavy atom. The molecule has 1 fully saturated rings. The molecule has 1 aromatic heterocycles. The largest absolute Gasteiger partial charge is 0.357 e. The van der Waals surface area contributed by atoms with E-state index in [0.29, 0.717) is 12.1 Å². The van der Waals surface area contributed by atoms with Crippen molar-refractivity contribution < 1.29 is 0 Å². The number of aryl methyl sites for hydroxylation is 2. The summed E-state index contributed by atoms with van der Waals surface area (Å²) in [7, 11) is 2.01. The Hall–Kier alpha value is -1.60. The SMILES string of the molecule is CCNC(=NCC(C)N1CCN(CC)CC1)NC(C)Cc1c(C)nn(C)c1C. The van der Waals surface area contributed by atoms with Gasteiger partial charge >= 0.3 is 0 Å². The second-order valence-electron chi connectivity index (χ2n) is 8.06. The monoisotopic (exact) mass is 391 g/mol. The smallest absolute Gasteiger partial charge is 0.191 e. The van der Waals surface area contributed by atoms with Gasteiger partial charge in [-0.3, -0.25) is 14.6 Å². The first-order valence-electron chi connectivity index (χ1n) is 10.9. The van der Waals surface area contributed by atoms with E-state index in [0.717, 1.165) is 50.8 Å². The number of rotatable bonds is 8. The van der Waals surface area contributed by atoms with Crippen molar-refractivity contribution in [3.63, 3.8) is 0 Å². The molecule has 7 nitrogen and oxygen atoms in total. The highest BCUT2D eigenvalue weighted by molar-refractivity contribution is 5.80. The van der Waals surface area contributed by atoms with Crippen LogP contribution in [0, 0.1) is 13.8 Å². The van der Waals surface area contributed by atoms with Gasteiger partial charge in [-0.1, -0.05) is 6.92 Å². The summed E-state index contributed by atoms with van der Waals surface area (Å²) >= 11 is 0. The van der Waals surface area contributed by atoms with Gasteiger partial charge in [0.2, 0.25) is 0 Å². The van der Waals surface area contributed by atoms with Crippen LogP contribution in [0.25, 0.3) is 0 Å². The number of aliphatic imine (C=N–C) groups is 1. The van der Waals surface area contributed by atoms with Gasteiger partial charge in [-0.25, -0.2) is 0 Å². The van der Waals surface area contributed by atoms with Gasteiger partial charge in [0, 0.05) is 57.5 Å². The quantitative estimate of drug-likeness (QED) is 0.520.